The van der Waals surface area contributed by atoms with E-state index in [1.807, 2.05) is 0 Å². The highest BCUT2D eigenvalue weighted by Crippen LogP contribution is 2.30. The fourth-order valence-electron chi connectivity index (χ4n) is 1.83. The number of carbonyl (C=O) groups is 1. The van der Waals surface area contributed by atoms with E-state index in [4.69, 9.17) is 0 Å². The summed E-state index contributed by atoms with van der Waals surface area (Å²) in [5, 5.41) is 21.7. The van der Waals surface area contributed by atoms with Gasteiger partial charge in [-0.05, 0) is 6.07 Å². The summed E-state index contributed by atoms with van der Waals surface area (Å²) < 4.78 is 5.98. The lowest BCUT2D eigenvalue weighted by Gasteiger charge is -2.03. The van der Waals surface area contributed by atoms with E-state index >= 15 is 0 Å². The van der Waals surface area contributed by atoms with Crippen LogP contribution in [0.3, 0.4) is 0 Å². The predicted octanol–water partition coefficient (Wildman–Crippen LogP) is 1.82. The van der Waals surface area contributed by atoms with Crippen LogP contribution in [0, 0.1) is 10.1 Å². The van der Waals surface area contributed by atoms with Crippen LogP contribution in [0.15, 0.2) is 24.4 Å². The molecule has 2 aromatic rings. The lowest BCUT2D eigenvalue weighted by molar-refractivity contribution is -0.384. The molecule has 2 rings (SSSR count). The van der Waals surface area contributed by atoms with Crippen LogP contribution < -0.4 is 0 Å². The third-order valence-corrected chi connectivity index (χ3v) is 2.84. The SMILES string of the molecule is COC(=O)CCn1cc2ccc([N+](=O)[O-])cc2c1O. The number of nitro groups is 1. The van der Waals surface area contributed by atoms with E-state index in [-0.39, 0.29) is 30.5 Å². The molecule has 0 aliphatic rings. The summed E-state index contributed by atoms with van der Waals surface area (Å²) in [4.78, 5) is 21.2. The monoisotopic (exact) mass is 264 g/mol. The standard InChI is InChI=1S/C12H12N2O5/c1-19-11(15)4-5-13-7-8-2-3-9(14(17)18)6-10(8)12(13)16/h2-3,6-7,16H,4-5H2,1H3. The number of nitro benzene ring substituents is 1. The number of esters is 1. The maximum Gasteiger partial charge on any atom is 0.307 e. The third-order valence-electron chi connectivity index (χ3n) is 2.84. The van der Waals surface area contributed by atoms with Crippen molar-refractivity contribution in [3.05, 3.63) is 34.5 Å². The van der Waals surface area contributed by atoms with Crippen molar-refractivity contribution in [3.63, 3.8) is 0 Å². The number of hydrogen-bond acceptors (Lipinski definition) is 5. The average Bonchev–Trinajstić information content (AvgIpc) is 2.72. The molecule has 7 heteroatoms. The summed E-state index contributed by atoms with van der Waals surface area (Å²) in [6.07, 6.45) is 1.75. The molecule has 0 atom stereocenters. The van der Waals surface area contributed by atoms with Crippen molar-refractivity contribution >= 4 is 22.4 Å². The zero-order valence-corrected chi connectivity index (χ0v) is 10.2. The molecule has 0 aliphatic carbocycles. The molecular weight excluding hydrogens is 252 g/mol. The van der Waals surface area contributed by atoms with Crippen LogP contribution >= 0.6 is 0 Å². The number of non-ortho nitro benzene ring substituents is 1. The molecular formula is C12H12N2O5. The number of aromatic hydroxyl groups is 1. The van der Waals surface area contributed by atoms with E-state index in [1.54, 1.807) is 12.3 Å². The smallest absolute Gasteiger partial charge is 0.307 e. The minimum atomic E-state index is -0.523. The maximum atomic E-state index is 11.0. The average molecular weight is 264 g/mol. The fraction of sp³-hybridized carbons (Fsp3) is 0.250. The van der Waals surface area contributed by atoms with Crippen molar-refractivity contribution in [1.82, 2.24) is 4.57 Å². The zero-order chi connectivity index (χ0) is 14.0. The molecule has 1 heterocycles. The van der Waals surface area contributed by atoms with Crippen LogP contribution in [0.2, 0.25) is 0 Å². The van der Waals surface area contributed by atoms with Gasteiger partial charge in [-0.3, -0.25) is 14.9 Å². The summed E-state index contributed by atoms with van der Waals surface area (Å²) >= 11 is 0. The molecule has 0 amide bonds. The van der Waals surface area contributed by atoms with E-state index < -0.39 is 4.92 Å². The molecule has 0 unspecified atom stereocenters. The normalized spacial score (nSPS) is 10.6. The summed E-state index contributed by atoms with van der Waals surface area (Å²) in [5.74, 6) is -0.481. The van der Waals surface area contributed by atoms with Crippen LogP contribution in [0.4, 0.5) is 5.69 Å². The quantitative estimate of drug-likeness (QED) is 0.516. The number of aromatic nitrogens is 1. The van der Waals surface area contributed by atoms with Crippen LogP contribution in [-0.4, -0.2) is 27.7 Å². The Hall–Kier alpha value is -2.57. The summed E-state index contributed by atoms with van der Waals surface area (Å²) in [6.45, 7) is 0.251. The number of carbonyl (C=O) groups excluding carboxylic acids is 1. The van der Waals surface area contributed by atoms with E-state index in [0.29, 0.717) is 10.8 Å². The van der Waals surface area contributed by atoms with Gasteiger partial charge < -0.3 is 14.4 Å². The number of aryl methyl sites for hydroxylation is 1. The Labute approximate surface area is 108 Å². The molecule has 0 fully saturated rings. The third kappa shape index (κ3) is 2.49. The molecule has 0 spiro atoms. The first-order valence-corrected chi connectivity index (χ1v) is 5.56. The van der Waals surface area contributed by atoms with Crippen molar-refractivity contribution in [2.75, 3.05) is 7.11 Å². The van der Waals surface area contributed by atoms with Gasteiger partial charge in [0.05, 0.1) is 23.8 Å². The van der Waals surface area contributed by atoms with Gasteiger partial charge in [0.1, 0.15) is 0 Å². The van der Waals surface area contributed by atoms with Crippen molar-refractivity contribution in [2.45, 2.75) is 13.0 Å². The van der Waals surface area contributed by atoms with Gasteiger partial charge in [0.15, 0.2) is 5.88 Å². The molecule has 7 nitrogen and oxygen atoms in total. The number of nitrogens with zero attached hydrogens (tertiary/aromatic N) is 2. The van der Waals surface area contributed by atoms with Crippen molar-refractivity contribution in [3.8, 4) is 5.88 Å². The Bertz CT molecular complexity index is 647. The number of hydrogen-bond donors (Lipinski definition) is 1. The Morgan fingerprint density at radius 2 is 2.26 bits per heavy atom. The first-order chi connectivity index (χ1) is 9.02. The van der Waals surface area contributed by atoms with Crippen molar-refractivity contribution < 1.29 is 19.6 Å². The molecule has 1 N–H and O–H groups in total. The van der Waals surface area contributed by atoms with Gasteiger partial charge >= 0.3 is 5.97 Å². The van der Waals surface area contributed by atoms with E-state index in [2.05, 4.69) is 4.74 Å². The second-order valence-corrected chi connectivity index (χ2v) is 4.00. The van der Waals surface area contributed by atoms with Gasteiger partial charge in [-0.1, -0.05) is 0 Å². The summed E-state index contributed by atoms with van der Waals surface area (Å²) in [6, 6.07) is 4.23. The van der Waals surface area contributed by atoms with Crippen molar-refractivity contribution in [2.24, 2.45) is 0 Å². The van der Waals surface area contributed by atoms with E-state index in [9.17, 15) is 20.0 Å². The van der Waals surface area contributed by atoms with E-state index in [1.165, 1.54) is 23.8 Å². The number of fused-ring (bicyclic) bond motifs is 1. The lowest BCUT2D eigenvalue weighted by atomic mass is 10.2. The number of benzene rings is 1. The van der Waals surface area contributed by atoms with Crippen LogP contribution in [0.5, 0.6) is 5.88 Å². The highest BCUT2D eigenvalue weighted by molar-refractivity contribution is 5.89. The molecule has 1 aromatic carbocycles. The second kappa shape index (κ2) is 4.97. The van der Waals surface area contributed by atoms with Gasteiger partial charge in [-0.15, -0.1) is 0 Å². The highest BCUT2D eigenvalue weighted by atomic mass is 16.6. The predicted molar refractivity (Wildman–Crippen MR) is 66.9 cm³/mol. The Kier molecular flexibility index (Phi) is 3.37. The topological polar surface area (TPSA) is 94.6 Å². The van der Waals surface area contributed by atoms with Gasteiger partial charge in [-0.2, -0.15) is 0 Å². The highest BCUT2D eigenvalue weighted by Gasteiger charge is 2.13. The Morgan fingerprint density at radius 3 is 2.89 bits per heavy atom. The molecule has 1 aromatic heterocycles. The summed E-state index contributed by atoms with van der Waals surface area (Å²) in [5.41, 5.74) is -0.0893. The lowest BCUT2D eigenvalue weighted by Crippen LogP contribution is -2.05. The molecule has 19 heavy (non-hydrogen) atoms. The Balaban J connectivity index is 2.34. The molecule has 0 saturated heterocycles. The maximum absolute atomic E-state index is 11.0. The van der Waals surface area contributed by atoms with Gasteiger partial charge in [0.25, 0.3) is 5.69 Å². The summed E-state index contributed by atoms with van der Waals surface area (Å²) in [7, 11) is 1.29. The largest absolute Gasteiger partial charge is 0.494 e. The Morgan fingerprint density at radius 1 is 1.53 bits per heavy atom. The first kappa shape index (κ1) is 12.9. The second-order valence-electron chi connectivity index (χ2n) is 4.00. The minimum Gasteiger partial charge on any atom is -0.494 e. The molecule has 100 valence electrons. The van der Waals surface area contributed by atoms with E-state index in [0.717, 1.165) is 0 Å². The zero-order valence-electron chi connectivity index (χ0n) is 10.2. The van der Waals surface area contributed by atoms with Gasteiger partial charge in [-0.25, -0.2) is 0 Å². The fourth-order valence-corrected chi connectivity index (χ4v) is 1.83. The van der Waals surface area contributed by atoms with Gasteiger partial charge in [0.2, 0.25) is 0 Å². The molecule has 0 aliphatic heterocycles. The first-order valence-electron chi connectivity index (χ1n) is 5.56. The minimum absolute atomic E-state index is 0.0893. The number of methoxy groups -OCH3 is 1. The number of ether oxygens (including phenoxy) is 1. The van der Waals surface area contributed by atoms with Crippen molar-refractivity contribution in [1.29, 1.82) is 0 Å². The van der Waals surface area contributed by atoms with Gasteiger partial charge in [0, 0.05) is 30.3 Å². The molecule has 0 saturated carbocycles. The van der Waals surface area contributed by atoms with Crippen LogP contribution in [0.25, 0.3) is 10.8 Å². The van der Waals surface area contributed by atoms with Crippen LogP contribution in [-0.2, 0) is 16.1 Å². The molecule has 0 bridgehead atoms. The number of rotatable bonds is 4. The molecule has 0 radical (unpaired) electrons. The van der Waals surface area contributed by atoms with Crippen LogP contribution in [0.1, 0.15) is 6.42 Å².